The molecule has 0 aliphatic carbocycles. The van der Waals surface area contributed by atoms with Gasteiger partial charge < -0.3 is 10.6 Å². The van der Waals surface area contributed by atoms with E-state index in [1.165, 1.54) is 0 Å². The van der Waals surface area contributed by atoms with Gasteiger partial charge in [-0.1, -0.05) is 11.6 Å². The normalized spacial score (nSPS) is 9.64. The summed E-state index contributed by atoms with van der Waals surface area (Å²) < 4.78 is 0.842. The highest BCUT2D eigenvalue weighted by atomic mass is 79.9. The Balaban J connectivity index is 2.63. The van der Waals surface area contributed by atoms with Crippen LogP contribution in [-0.4, -0.2) is 19.5 Å². The molecule has 0 bridgehead atoms. The van der Waals surface area contributed by atoms with E-state index in [0.717, 1.165) is 10.2 Å². The summed E-state index contributed by atoms with van der Waals surface area (Å²) in [6.45, 7) is 0.247. The van der Waals surface area contributed by atoms with Crippen molar-refractivity contribution in [3.63, 3.8) is 0 Å². The number of likely N-dealkylation sites (N-methyl/N-ethyl adjacent to an activating group) is 1. The van der Waals surface area contributed by atoms with Crippen molar-refractivity contribution in [2.75, 3.05) is 18.9 Å². The summed E-state index contributed by atoms with van der Waals surface area (Å²) >= 11 is 9.11. The SMILES string of the molecule is CNC(=O)CNc1ccc(Cl)cc1Br. The first kappa shape index (κ1) is 11.3. The van der Waals surface area contributed by atoms with E-state index in [2.05, 4.69) is 26.6 Å². The molecular weight excluding hydrogens is 267 g/mol. The van der Waals surface area contributed by atoms with Crippen molar-refractivity contribution in [3.8, 4) is 0 Å². The fourth-order valence-corrected chi connectivity index (χ4v) is 1.72. The Kier molecular flexibility index (Phi) is 4.22. The molecule has 0 aromatic heterocycles. The van der Waals surface area contributed by atoms with Gasteiger partial charge in [0.2, 0.25) is 5.91 Å². The van der Waals surface area contributed by atoms with Gasteiger partial charge in [0.1, 0.15) is 0 Å². The number of amides is 1. The topological polar surface area (TPSA) is 41.1 Å². The van der Waals surface area contributed by atoms with Gasteiger partial charge in [0, 0.05) is 22.2 Å². The van der Waals surface area contributed by atoms with Gasteiger partial charge in [-0.2, -0.15) is 0 Å². The molecular formula is C9H10BrClN2O. The second kappa shape index (κ2) is 5.22. The van der Waals surface area contributed by atoms with E-state index in [-0.39, 0.29) is 12.5 Å². The summed E-state index contributed by atoms with van der Waals surface area (Å²) in [5.41, 5.74) is 0.845. The molecule has 1 aromatic carbocycles. The molecule has 0 saturated heterocycles. The number of hydrogen-bond acceptors (Lipinski definition) is 2. The summed E-state index contributed by atoms with van der Waals surface area (Å²) in [5, 5.41) is 6.15. The van der Waals surface area contributed by atoms with Crippen molar-refractivity contribution in [1.82, 2.24) is 5.32 Å². The van der Waals surface area contributed by atoms with Crippen LogP contribution in [0, 0.1) is 0 Å². The van der Waals surface area contributed by atoms with Crippen molar-refractivity contribution in [2.24, 2.45) is 0 Å². The summed E-state index contributed by atoms with van der Waals surface area (Å²) in [6.07, 6.45) is 0. The second-order valence-corrected chi connectivity index (χ2v) is 3.94. The van der Waals surface area contributed by atoms with Crippen LogP contribution in [0.1, 0.15) is 0 Å². The predicted molar refractivity (Wildman–Crippen MR) is 61.7 cm³/mol. The maximum atomic E-state index is 10.9. The smallest absolute Gasteiger partial charge is 0.239 e. The molecule has 0 unspecified atom stereocenters. The molecule has 0 fully saturated rings. The van der Waals surface area contributed by atoms with Gasteiger partial charge in [-0.05, 0) is 34.1 Å². The van der Waals surface area contributed by atoms with Crippen LogP contribution in [0.15, 0.2) is 22.7 Å². The molecule has 0 saturated carbocycles. The molecule has 0 spiro atoms. The first-order valence-electron chi connectivity index (χ1n) is 4.03. The number of rotatable bonds is 3. The molecule has 5 heteroatoms. The largest absolute Gasteiger partial charge is 0.375 e. The highest BCUT2D eigenvalue weighted by molar-refractivity contribution is 9.10. The molecule has 0 heterocycles. The third-order valence-electron chi connectivity index (χ3n) is 1.65. The fourth-order valence-electron chi connectivity index (χ4n) is 0.897. The molecule has 3 nitrogen and oxygen atoms in total. The zero-order valence-corrected chi connectivity index (χ0v) is 9.95. The number of halogens is 2. The lowest BCUT2D eigenvalue weighted by atomic mass is 10.3. The molecule has 1 rings (SSSR count). The molecule has 1 amide bonds. The average molecular weight is 278 g/mol. The monoisotopic (exact) mass is 276 g/mol. The second-order valence-electron chi connectivity index (χ2n) is 2.65. The maximum Gasteiger partial charge on any atom is 0.239 e. The van der Waals surface area contributed by atoms with Gasteiger partial charge in [-0.15, -0.1) is 0 Å². The Hall–Kier alpha value is -0.740. The third kappa shape index (κ3) is 3.20. The predicted octanol–water partition coefficient (Wildman–Crippen LogP) is 2.26. The Labute approximate surface area is 96.0 Å². The number of anilines is 1. The lowest BCUT2D eigenvalue weighted by Crippen LogP contribution is -2.26. The number of benzene rings is 1. The summed E-state index contributed by atoms with van der Waals surface area (Å²) in [5.74, 6) is -0.0631. The van der Waals surface area contributed by atoms with Gasteiger partial charge >= 0.3 is 0 Å². The van der Waals surface area contributed by atoms with Crippen LogP contribution in [-0.2, 0) is 4.79 Å². The number of hydrogen-bond donors (Lipinski definition) is 2. The third-order valence-corrected chi connectivity index (χ3v) is 2.54. The minimum atomic E-state index is -0.0631. The zero-order chi connectivity index (χ0) is 10.6. The Morgan fingerprint density at radius 3 is 2.86 bits per heavy atom. The minimum absolute atomic E-state index is 0.0631. The van der Waals surface area contributed by atoms with Crippen molar-refractivity contribution in [3.05, 3.63) is 27.7 Å². The maximum absolute atomic E-state index is 10.9. The van der Waals surface area contributed by atoms with Crippen molar-refractivity contribution < 1.29 is 4.79 Å². The van der Waals surface area contributed by atoms with Crippen LogP contribution in [0.2, 0.25) is 5.02 Å². The van der Waals surface area contributed by atoms with E-state index in [1.807, 2.05) is 6.07 Å². The summed E-state index contributed by atoms with van der Waals surface area (Å²) in [4.78, 5) is 10.9. The molecule has 0 atom stereocenters. The summed E-state index contributed by atoms with van der Waals surface area (Å²) in [7, 11) is 1.60. The highest BCUT2D eigenvalue weighted by Gasteiger charge is 2.02. The molecule has 76 valence electrons. The average Bonchev–Trinajstić information content (AvgIpc) is 2.16. The van der Waals surface area contributed by atoms with Gasteiger partial charge in [-0.25, -0.2) is 0 Å². The van der Waals surface area contributed by atoms with E-state index < -0.39 is 0 Å². The molecule has 2 N–H and O–H groups in total. The van der Waals surface area contributed by atoms with E-state index in [4.69, 9.17) is 11.6 Å². The highest BCUT2D eigenvalue weighted by Crippen LogP contribution is 2.25. The molecule has 0 aliphatic rings. The minimum Gasteiger partial charge on any atom is -0.375 e. The number of nitrogens with one attached hydrogen (secondary N) is 2. The quantitative estimate of drug-likeness (QED) is 0.890. The van der Waals surface area contributed by atoms with Crippen LogP contribution in [0.5, 0.6) is 0 Å². The first-order chi connectivity index (χ1) is 6.63. The van der Waals surface area contributed by atoms with Crippen molar-refractivity contribution in [2.45, 2.75) is 0 Å². The van der Waals surface area contributed by atoms with Crippen LogP contribution in [0.25, 0.3) is 0 Å². The Bertz CT molecular complexity index is 344. The first-order valence-corrected chi connectivity index (χ1v) is 5.20. The Morgan fingerprint density at radius 1 is 1.57 bits per heavy atom. The lowest BCUT2D eigenvalue weighted by Gasteiger charge is -2.07. The van der Waals surface area contributed by atoms with E-state index in [9.17, 15) is 4.79 Å². The van der Waals surface area contributed by atoms with E-state index in [0.29, 0.717) is 5.02 Å². The molecule has 0 radical (unpaired) electrons. The number of carbonyl (C=O) groups excluding carboxylic acids is 1. The van der Waals surface area contributed by atoms with Crippen LogP contribution in [0.4, 0.5) is 5.69 Å². The van der Waals surface area contributed by atoms with Crippen molar-refractivity contribution in [1.29, 1.82) is 0 Å². The molecule has 0 aliphatic heterocycles. The van der Waals surface area contributed by atoms with Gasteiger partial charge in [0.05, 0.1) is 6.54 Å². The molecule has 14 heavy (non-hydrogen) atoms. The van der Waals surface area contributed by atoms with E-state index in [1.54, 1.807) is 19.2 Å². The van der Waals surface area contributed by atoms with Crippen LogP contribution in [0.3, 0.4) is 0 Å². The standard InChI is InChI=1S/C9H10BrClN2O/c1-12-9(14)5-13-8-3-2-6(11)4-7(8)10/h2-4,13H,5H2,1H3,(H,12,14). The van der Waals surface area contributed by atoms with Gasteiger partial charge in [0.25, 0.3) is 0 Å². The van der Waals surface area contributed by atoms with E-state index >= 15 is 0 Å². The van der Waals surface area contributed by atoms with Gasteiger partial charge in [-0.3, -0.25) is 4.79 Å². The van der Waals surface area contributed by atoms with Crippen LogP contribution >= 0.6 is 27.5 Å². The fraction of sp³-hybridized carbons (Fsp3) is 0.222. The van der Waals surface area contributed by atoms with Crippen molar-refractivity contribution >= 4 is 39.1 Å². The zero-order valence-electron chi connectivity index (χ0n) is 7.60. The van der Waals surface area contributed by atoms with Gasteiger partial charge in [0.15, 0.2) is 0 Å². The number of carbonyl (C=O) groups is 1. The molecule has 1 aromatic rings. The summed E-state index contributed by atoms with van der Waals surface area (Å²) in [6, 6.07) is 5.35. The Morgan fingerprint density at radius 2 is 2.29 bits per heavy atom. The lowest BCUT2D eigenvalue weighted by molar-refractivity contribution is -0.118. The van der Waals surface area contributed by atoms with Crippen LogP contribution < -0.4 is 10.6 Å².